The van der Waals surface area contributed by atoms with E-state index in [1.165, 1.54) is 18.3 Å². The van der Waals surface area contributed by atoms with E-state index in [9.17, 15) is 18.0 Å². The fourth-order valence-corrected chi connectivity index (χ4v) is 3.47. The summed E-state index contributed by atoms with van der Waals surface area (Å²) in [6.45, 7) is 1.81. The van der Waals surface area contributed by atoms with Crippen molar-refractivity contribution in [2.75, 3.05) is 26.8 Å². The van der Waals surface area contributed by atoms with Gasteiger partial charge in [0, 0.05) is 31.8 Å². The molecule has 6 nitrogen and oxygen atoms in total. The van der Waals surface area contributed by atoms with Gasteiger partial charge in [0.1, 0.15) is 23.1 Å². The Kier molecular flexibility index (Phi) is 5.25. The van der Waals surface area contributed by atoms with Gasteiger partial charge in [-0.15, -0.1) is 0 Å². The first-order chi connectivity index (χ1) is 14.0. The summed E-state index contributed by atoms with van der Waals surface area (Å²) in [7, 11) is 1.12. The van der Waals surface area contributed by atoms with Crippen LogP contribution < -0.4 is 5.32 Å². The van der Waals surface area contributed by atoms with E-state index in [0.717, 1.165) is 25.8 Å². The van der Waals surface area contributed by atoms with Crippen molar-refractivity contribution in [3.63, 3.8) is 0 Å². The van der Waals surface area contributed by atoms with Gasteiger partial charge in [0.25, 0.3) is 0 Å². The second-order valence-electron chi connectivity index (χ2n) is 6.69. The predicted octanol–water partition coefficient (Wildman–Crippen LogP) is 2.74. The summed E-state index contributed by atoms with van der Waals surface area (Å²) < 4.78 is 55.2. The van der Waals surface area contributed by atoms with Crippen LogP contribution in [0, 0.1) is 17.5 Å². The number of imidazole rings is 1. The highest BCUT2D eigenvalue weighted by atomic mass is 19.1. The first-order valence-corrected chi connectivity index (χ1v) is 9.04. The van der Waals surface area contributed by atoms with Crippen molar-refractivity contribution in [2.45, 2.75) is 12.5 Å². The molecule has 3 heterocycles. The van der Waals surface area contributed by atoms with E-state index >= 15 is 0 Å². The van der Waals surface area contributed by atoms with Crippen molar-refractivity contribution in [2.24, 2.45) is 0 Å². The number of hydrogen-bond donors (Lipinski definition) is 1. The first kappa shape index (κ1) is 19.4. The minimum absolute atomic E-state index is 0.0381. The number of halogens is 3. The van der Waals surface area contributed by atoms with Crippen LogP contribution in [0.3, 0.4) is 0 Å². The Hall–Kier alpha value is -2.91. The standard InChI is InChI=1S/C20H18F3N3O3/c1-28-20(27)11-6-14(22)18(15(23)7-11)19-16(9-13-10-24-3-5-29-13)26-4-2-12(21)8-17(26)25-19/h2,4,6-8,13,24H,3,5,9-10H2,1H3/t13-/m0/s1. The number of pyridine rings is 1. The number of nitrogens with zero attached hydrogens (tertiary/aromatic N) is 2. The molecule has 0 bridgehead atoms. The second kappa shape index (κ2) is 7.84. The molecule has 0 aliphatic carbocycles. The maximum Gasteiger partial charge on any atom is 0.338 e. The molecule has 1 aliphatic rings. The normalized spacial score (nSPS) is 16.9. The molecule has 1 aliphatic heterocycles. The molecule has 152 valence electrons. The molecular weight excluding hydrogens is 387 g/mol. The van der Waals surface area contributed by atoms with Crippen molar-refractivity contribution in [3.05, 3.63) is 59.2 Å². The number of methoxy groups -OCH3 is 1. The molecule has 9 heteroatoms. The van der Waals surface area contributed by atoms with Crippen LogP contribution in [0.1, 0.15) is 16.1 Å². The van der Waals surface area contributed by atoms with E-state index < -0.39 is 23.4 Å². The quantitative estimate of drug-likeness (QED) is 0.677. The number of fused-ring (bicyclic) bond motifs is 1. The Bertz CT molecular complexity index is 1050. The third-order valence-corrected chi connectivity index (χ3v) is 4.81. The molecule has 1 fully saturated rings. The number of nitrogens with one attached hydrogen (secondary N) is 1. The largest absolute Gasteiger partial charge is 0.465 e. The molecular formula is C20H18F3N3O3. The van der Waals surface area contributed by atoms with E-state index in [2.05, 4.69) is 15.0 Å². The van der Waals surface area contributed by atoms with Gasteiger partial charge in [-0.25, -0.2) is 22.9 Å². The molecule has 1 saturated heterocycles. The summed E-state index contributed by atoms with van der Waals surface area (Å²) in [5, 5.41) is 3.20. The Balaban J connectivity index is 1.86. The lowest BCUT2D eigenvalue weighted by Crippen LogP contribution is -2.39. The summed E-state index contributed by atoms with van der Waals surface area (Å²) in [5.41, 5.74) is 0.103. The molecule has 1 atom stereocenters. The van der Waals surface area contributed by atoms with Gasteiger partial charge in [0.15, 0.2) is 0 Å². The van der Waals surface area contributed by atoms with Crippen LogP contribution in [-0.2, 0) is 15.9 Å². The molecule has 0 amide bonds. The monoisotopic (exact) mass is 405 g/mol. The van der Waals surface area contributed by atoms with Crippen LogP contribution in [-0.4, -0.2) is 48.3 Å². The van der Waals surface area contributed by atoms with Crippen LogP contribution in [0.5, 0.6) is 0 Å². The molecule has 1 N–H and O–H groups in total. The Labute approximate surface area is 164 Å². The molecule has 0 spiro atoms. The summed E-state index contributed by atoms with van der Waals surface area (Å²) in [4.78, 5) is 15.9. The lowest BCUT2D eigenvalue weighted by atomic mass is 10.0. The fraction of sp³-hybridized carbons (Fsp3) is 0.300. The minimum Gasteiger partial charge on any atom is -0.465 e. The van der Waals surface area contributed by atoms with Gasteiger partial charge in [-0.1, -0.05) is 0 Å². The Morgan fingerprint density at radius 2 is 2.07 bits per heavy atom. The smallest absolute Gasteiger partial charge is 0.338 e. The van der Waals surface area contributed by atoms with E-state index in [1.807, 2.05) is 0 Å². The lowest BCUT2D eigenvalue weighted by Gasteiger charge is -2.24. The topological polar surface area (TPSA) is 64.9 Å². The average molecular weight is 405 g/mol. The van der Waals surface area contributed by atoms with E-state index in [0.29, 0.717) is 25.3 Å². The Morgan fingerprint density at radius 3 is 2.72 bits per heavy atom. The zero-order chi connectivity index (χ0) is 20.5. The molecule has 1 aromatic carbocycles. The molecule has 29 heavy (non-hydrogen) atoms. The third-order valence-electron chi connectivity index (χ3n) is 4.81. The SMILES string of the molecule is COC(=O)c1cc(F)c(-c2nc3cc(F)ccn3c2C[C@H]2CNCCO2)c(F)c1. The highest BCUT2D eigenvalue weighted by molar-refractivity contribution is 5.90. The van der Waals surface area contributed by atoms with Gasteiger partial charge in [0.05, 0.1) is 42.3 Å². The number of hydrogen-bond acceptors (Lipinski definition) is 5. The van der Waals surface area contributed by atoms with Crippen molar-refractivity contribution in [1.29, 1.82) is 0 Å². The fourth-order valence-electron chi connectivity index (χ4n) is 3.47. The number of benzene rings is 1. The zero-order valence-electron chi connectivity index (χ0n) is 15.5. The van der Waals surface area contributed by atoms with Crippen LogP contribution in [0.15, 0.2) is 30.5 Å². The number of aromatic nitrogens is 2. The maximum atomic E-state index is 14.8. The number of morpholine rings is 1. The summed E-state index contributed by atoms with van der Waals surface area (Å²) in [5.74, 6) is -3.29. The Morgan fingerprint density at radius 1 is 1.31 bits per heavy atom. The van der Waals surface area contributed by atoms with Gasteiger partial charge in [0.2, 0.25) is 0 Å². The van der Waals surface area contributed by atoms with Gasteiger partial charge in [-0.2, -0.15) is 0 Å². The van der Waals surface area contributed by atoms with Crippen molar-refractivity contribution < 1.29 is 27.4 Å². The molecule has 0 saturated carbocycles. The summed E-state index contributed by atoms with van der Waals surface area (Å²) in [6, 6.07) is 4.23. The highest BCUT2D eigenvalue weighted by Gasteiger charge is 2.26. The van der Waals surface area contributed by atoms with E-state index in [1.54, 1.807) is 4.40 Å². The highest BCUT2D eigenvalue weighted by Crippen LogP contribution is 2.32. The second-order valence-corrected chi connectivity index (χ2v) is 6.69. The zero-order valence-corrected chi connectivity index (χ0v) is 15.5. The predicted molar refractivity (Wildman–Crippen MR) is 98.2 cm³/mol. The molecule has 2 aromatic heterocycles. The van der Waals surface area contributed by atoms with Crippen LogP contribution in [0.4, 0.5) is 13.2 Å². The van der Waals surface area contributed by atoms with Crippen LogP contribution in [0.2, 0.25) is 0 Å². The van der Waals surface area contributed by atoms with E-state index in [4.69, 9.17) is 4.74 Å². The molecule has 3 aromatic rings. The van der Waals surface area contributed by atoms with Crippen molar-refractivity contribution in [3.8, 4) is 11.3 Å². The van der Waals surface area contributed by atoms with Crippen LogP contribution >= 0.6 is 0 Å². The van der Waals surface area contributed by atoms with Crippen molar-refractivity contribution in [1.82, 2.24) is 14.7 Å². The number of ether oxygens (including phenoxy) is 2. The lowest BCUT2D eigenvalue weighted by molar-refractivity contribution is 0.0286. The summed E-state index contributed by atoms with van der Waals surface area (Å²) in [6.07, 6.45) is 1.55. The number of carbonyl (C=O) groups is 1. The number of esters is 1. The third kappa shape index (κ3) is 3.70. The molecule has 4 rings (SSSR count). The minimum atomic E-state index is -0.960. The van der Waals surface area contributed by atoms with Gasteiger partial charge in [-0.05, 0) is 18.2 Å². The average Bonchev–Trinajstić information content (AvgIpc) is 3.04. The molecule has 0 radical (unpaired) electrons. The molecule has 0 unspecified atom stereocenters. The van der Waals surface area contributed by atoms with Gasteiger partial charge in [-0.3, -0.25) is 0 Å². The number of rotatable bonds is 4. The van der Waals surface area contributed by atoms with Gasteiger partial charge < -0.3 is 19.2 Å². The summed E-state index contributed by atoms with van der Waals surface area (Å²) >= 11 is 0. The first-order valence-electron chi connectivity index (χ1n) is 9.04. The van der Waals surface area contributed by atoms with Crippen molar-refractivity contribution >= 4 is 11.6 Å². The van der Waals surface area contributed by atoms with Gasteiger partial charge >= 0.3 is 5.97 Å². The van der Waals surface area contributed by atoms with E-state index in [-0.39, 0.29) is 28.6 Å². The number of carbonyl (C=O) groups excluding carboxylic acids is 1. The maximum absolute atomic E-state index is 14.8. The van der Waals surface area contributed by atoms with Crippen LogP contribution in [0.25, 0.3) is 16.9 Å².